The number of hydrogen-bond acceptors (Lipinski definition) is 3. The zero-order valence-corrected chi connectivity index (χ0v) is 11.4. The lowest BCUT2D eigenvalue weighted by Gasteiger charge is -2.22. The Hall–Kier alpha value is -1.55. The standard InChI is InChI=1S/C14H21NO3/c1-14(2,3)18-11-7-5-10(6-8-11)12(15-4)9-13(16)17/h5-8,12,15H,9H2,1-4H3,(H,16,17). The van der Waals surface area contributed by atoms with E-state index in [-0.39, 0.29) is 18.1 Å². The summed E-state index contributed by atoms with van der Waals surface area (Å²) in [7, 11) is 1.76. The van der Waals surface area contributed by atoms with Gasteiger partial charge in [-0.05, 0) is 45.5 Å². The molecule has 0 radical (unpaired) electrons. The van der Waals surface area contributed by atoms with Gasteiger partial charge < -0.3 is 15.2 Å². The normalized spacial score (nSPS) is 13.1. The highest BCUT2D eigenvalue weighted by Crippen LogP contribution is 2.22. The predicted octanol–water partition coefficient (Wildman–Crippen LogP) is 2.60. The van der Waals surface area contributed by atoms with Gasteiger partial charge in [0, 0.05) is 6.04 Å². The lowest BCUT2D eigenvalue weighted by Crippen LogP contribution is -2.23. The molecule has 1 rings (SSSR count). The van der Waals surface area contributed by atoms with Crippen molar-refractivity contribution in [3.63, 3.8) is 0 Å². The molecule has 0 aliphatic rings. The summed E-state index contributed by atoms with van der Waals surface area (Å²) < 4.78 is 5.71. The number of benzene rings is 1. The molecule has 1 atom stereocenters. The van der Waals surface area contributed by atoms with Gasteiger partial charge in [0.1, 0.15) is 11.4 Å². The van der Waals surface area contributed by atoms with Crippen LogP contribution in [0.1, 0.15) is 38.8 Å². The first kappa shape index (κ1) is 14.5. The Kier molecular flexibility index (Phi) is 4.73. The van der Waals surface area contributed by atoms with Crippen LogP contribution in [0.4, 0.5) is 0 Å². The Balaban J connectivity index is 2.77. The highest BCUT2D eigenvalue weighted by molar-refractivity contribution is 5.67. The summed E-state index contributed by atoms with van der Waals surface area (Å²) in [5, 5.41) is 11.8. The number of carbonyl (C=O) groups is 1. The van der Waals surface area contributed by atoms with Gasteiger partial charge in [-0.3, -0.25) is 4.79 Å². The summed E-state index contributed by atoms with van der Waals surface area (Å²) in [5.41, 5.74) is 0.714. The molecule has 2 N–H and O–H groups in total. The largest absolute Gasteiger partial charge is 0.488 e. The fraction of sp³-hybridized carbons (Fsp3) is 0.500. The third kappa shape index (κ3) is 4.75. The number of hydrogen-bond donors (Lipinski definition) is 2. The molecule has 0 amide bonds. The first-order valence-electron chi connectivity index (χ1n) is 6.00. The number of nitrogens with one attached hydrogen (secondary N) is 1. The summed E-state index contributed by atoms with van der Waals surface area (Å²) in [6.45, 7) is 5.96. The van der Waals surface area contributed by atoms with Crippen LogP contribution in [0.15, 0.2) is 24.3 Å². The summed E-state index contributed by atoms with van der Waals surface area (Å²) in [6.07, 6.45) is 0.0655. The van der Waals surface area contributed by atoms with E-state index in [0.29, 0.717) is 0 Å². The van der Waals surface area contributed by atoms with Crippen molar-refractivity contribution in [3.05, 3.63) is 29.8 Å². The molecular formula is C14H21NO3. The molecule has 0 aromatic heterocycles. The number of aliphatic carboxylic acids is 1. The van der Waals surface area contributed by atoms with E-state index in [1.165, 1.54) is 0 Å². The molecule has 0 spiro atoms. The van der Waals surface area contributed by atoms with E-state index in [1.807, 2.05) is 45.0 Å². The van der Waals surface area contributed by atoms with Crippen molar-refractivity contribution >= 4 is 5.97 Å². The minimum absolute atomic E-state index is 0.0655. The zero-order chi connectivity index (χ0) is 13.8. The molecule has 100 valence electrons. The third-order valence-electron chi connectivity index (χ3n) is 2.43. The fourth-order valence-corrected chi connectivity index (χ4v) is 1.68. The van der Waals surface area contributed by atoms with Crippen LogP contribution in [0.3, 0.4) is 0 Å². The number of carboxylic acids is 1. The average Bonchev–Trinajstić information content (AvgIpc) is 2.24. The Morgan fingerprint density at radius 3 is 2.28 bits per heavy atom. The lowest BCUT2D eigenvalue weighted by molar-refractivity contribution is -0.137. The summed E-state index contributed by atoms with van der Waals surface area (Å²) in [4.78, 5) is 10.7. The van der Waals surface area contributed by atoms with Gasteiger partial charge in [0.15, 0.2) is 0 Å². The van der Waals surface area contributed by atoms with Gasteiger partial charge in [-0.25, -0.2) is 0 Å². The molecule has 1 unspecified atom stereocenters. The SMILES string of the molecule is CNC(CC(=O)O)c1ccc(OC(C)(C)C)cc1. The van der Waals surface area contributed by atoms with E-state index >= 15 is 0 Å². The van der Waals surface area contributed by atoms with Gasteiger partial charge in [-0.2, -0.15) is 0 Å². The number of carboxylic acid groups (broad SMARTS) is 1. The summed E-state index contributed by atoms with van der Waals surface area (Å²) in [5.74, 6) is -0.0270. The van der Waals surface area contributed by atoms with Crippen molar-refractivity contribution in [3.8, 4) is 5.75 Å². The van der Waals surface area contributed by atoms with Crippen molar-refractivity contribution in [1.29, 1.82) is 0 Å². The first-order chi connectivity index (χ1) is 8.31. The van der Waals surface area contributed by atoms with Crippen molar-refractivity contribution in [1.82, 2.24) is 5.32 Å². The van der Waals surface area contributed by atoms with Crippen LogP contribution >= 0.6 is 0 Å². The number of ether oxygens (including phenoxy) is 1. The van der Waals surface area contributed by atoms with Crippen LogP contribution in [0.2, 0.25) is 0 Å². The Morgan fingerprint density at radius 1 is 1.33 bits per heavy atom. The molecule has 0 heterocycles. The molecule has 1 aromatic rings. The molecule has 18 heavy (non-hydrogen) atoms. The van der Waals surface area contributed by atoms with Crippen LogP contribution in [0.25, 0.3) is 0 Å². The van der Waals surface area contributed by atoms with Crippen molar-refractivity contribution in [2.45, 2.75) is 38.8 Å². The van der Waals surface area contributed by atoms with Crippen LogP contribution in [0.5, 0.6) is 5.75 Å². The van der Waals surface area contributed by atoms with Crippen LogP contribution < -0.4 is 10.1 Å². The van der Waals surface area contributed by atoms with E-state index in [1.54, 1.807) is 7.05 Å². The quantitative estimate of drug-likeness (QED) is 0.844. The predicted molar refractivity (Wildman–Crippen MR) is 70.9 cm³/mol. The molecule has 0 saturated heterocycles. The molecule has 0 bridgehead atoms. The second-order valence-electron chi connectivity index (χ2n) is 5.22. The van der Waals surface area contributed by atoms with Gasteiger partial charge in [0.2, 0.25) is 0 Å². The third-order valence-corrected chi connectivity index (χ3v) is 2.43. The maximum Gasteiger partial charge on any atom is 0.305 e. The maximum atomic E-state index is 10.7. The summed E-state index contributed by atoms with van der Waals surface area (Å²) >= 11 is 0. The van der Waals surface area contributed by atoms with E-state index in [2.05, 4.69) is 5.32 Å². The Morgan fingerprint density at radius 2 is 1.89 bits per heavy atom. The summed E-state index contributed by atoms with van der Waals surface area (Å²) in [6, 6.07) is 7.35. The lowest BCUT2D eigenvalue weighted by atomic mass is 10.0. The van der Waals surface area contributed by atoms with E-state index in [4.69, 9.17) is 9.84 Å². The molecule has 0 aliphatic heterocycles. The molecule has 0 saturated carbocycles. The second-order valence-corrected chi connectivity index (χ2v) is 5.22. The molecule has 4 nitrogen and oxygen atoms in total. The van der Waals surface area contributed by atoms with Gasteiger partial charge in [-0.1, -0.05) is 12.1 Å². The molecule has 0 aliphatic carbocycles. The Bertz CT molecular complexity index is 392. The maximum absolute atomic E-state index is 10.7. The molecule has 0 fully saturated rings. The minimum atomic E-state index is -0.815. The van der Waals surface area contributed by atoms with Gasteiger partial charge in [0.25, 0.3) is 0 Å². The first-order valence-corrected chi connectivity index (χ1v) is 6.00. The highest BCUT2D eigenvalue weighted by Gasteiger charge is 2.15. The van der Waals surface area contributed by atoms with Crippen molar-refractivity contribution in [2.75, 3.05) is 7.05 Å². The zero-order valence-electron chi connectivity index (χ0n) is 11.4. The minimum Gasteiger partial charge on any atom is -0.488 e. The van der Waals surface area contributed by atoms with Gasteiger partial charge in [0.05, 0.1) is 6.42 Å². The van der Waals surface area contributed by atoms with Crippen molar-refractivity contribution in [2.24, 2.45) is 0 Å². The van der Waals surface area contributed by atoms with Crippen LogP contribution in [-0.2, 0) is 4.79 Å². The van der Waals surface area contributed by atoms with Gasteiger partial charge >= 0.3 is 5.97 Å². The molecular weight excluding hydrogens is 230 g/mol. The number of rotatable bonds is 5. The molecule has 4 heteroatoms. The van der Waals surface area contributed by atoms with E-state index < -0.39 is 5.97 Å². The average molecular weight is 251 g/mol. The smallest absolute Gasteiger partial charge is 0.305 e. The fourth-order valence-electron chi connectivity index (χ4n) is 1.68. The van der Waals surface area contributed by atoms with Crippen molar-refractivity contribution < 1.29 is 14.6 Å². The van der Waals surface area contributed by atoms with Crippen LogP contribution in [-0.4, -0.2) is 23.7 Å². The van der Waals surface area contributed by atoms with Crippen LogP contribution in [0, 0.1) is 0 Å². The monoisotopic (exact) mass is 251 g/mol. The second kappa shape index (κ2) is 5.87. The molecule has 1 aromatic carbocycles. The highest BCUT2D eigenvalue weighted by atomic mass is 16.5. The topological polar surface area (TPSA) is 58.6 Å². The van der Waals surface area contributed by atoms with E-state index in [0.717, 1.165) is 11.3 Å². The van der Waals surface area contributed by atoms with Gasteiger partial charge in [-0.15, -0.1) is 0 Å². The van der Waals surface area contributed by atoms with E-state index in [9.17, 15) is 4.79 Å². The Labute approximate surface area is 108 Å².